The second kappa shape index (κ2) is 4.29. The highest BCUT2D eigenvalue weighted by Gasteiger charge is 2.34. The van der Waals surface area contributed by atoms with Crippen molar-refractivity contribution in [2.45, 2.75) is 6.04 Å². The van der Waals surface area contributed by atoms with Crippen LogP contribution in [0.3, 0.4) is 0 Å². The van der Waals surface area contributed by atoms with Crippen LogP contribution in [0, 0.1) is 17.2 Å². The zero-order chi connectivity index (χ0) is 11.5. The van der Waals surface area contributed by atoms with Crippen LogP contribution in [0.5, 0.6) is 0 Å². The van der Waals surface area contributed by atoms with E-state index in [1.807, 2.05) is 36.4 Å². The van der Waals surface area contributed by atoms with E-state index in [1.165, 1.54) is 0 Å². The molecule has 0 radical (unpaired) electrons. The molecule has 0 bridgehead atoms. The van der Waals surface area contributed by atoms with Crippen LogP contribution in [0.1, 0.15) is 11.6 Å². The van der Waals surface area contributed by atoms with Crippen molar-refractivity contribution in [2.75, 3.05) is 0 Å². The molecule has 0 aromatic heterocycles. The molecule has 1 aliphatic rings. The molecule has 1 aromatic rings. The molecular formula is C11H9N3OS. The molecule has 0 aliphatic carbocycles. The van der Waals surface area contributed by atoms with Crippen molar-refractivity contribution in [1.29, 1.82) is 5.26 Å². The summed E-state index contributed by atoms with van der Waals surface area (Å²) < 4.78 is 0. The molecule has 2 rings (SSSR count). The lowest BCUT2D eigenvalue weighted by molar-refractivity contribution is -0.123. The Morgan fingerprint density at radius 2 is 2.00 bits per heavy atom. The highest BCUT2D eigenvalue weighted by molar-refractivity contribution is 7.80. The van der Waals surface area contributed by atoms with E-state index in [4.69, 9.17) is 17.5 Å². The molecule has 0 unspecified atom stereocenters. The Morgan fingerprint density at radius 3 is 2.62 bits per heavy atom. The lowest BCUT2D eigenvalue weighted by atomic mass is 9.92. The van der Waals surface area contributed by atoms with Gasteiger partial charge in [0.15, 0.2) is 5.11 Å². The van der Waals surface area contributed by atoms with Crippen LogP contribution in [-0.2, 0) is 4.79 Å². The van der Waals surface area contributed by atoms with Crippen LogP contribution in [0.4, 0.5) is 0 Å². The van der Waals surface area contributed by atoms with Gasteiger partial charge in [-0.25, -0.2) is 0 Å². The van der Waals surface area contributed by atoms with Crippen molar-refractivity contribution in [2.24, 2.45) is 5.92 Å². The van der Waals surface area contributed by atoms with Gasteiger partial charge in [0.05, 0.1) is 12.1 Å². The Bertz CT molecular complexity index is 466. The number of nitrogens with zero attached hydrogens (tertiary/aromatic N) is 1. The first-order chi connectivity index (χ1) is 7.72. The summed E-state index contributed by atoms with van der Waals surface area (Å²) in [6.45, 7) is 0. The van der Waals surface area contributed by atoms with E-state index in [2.05, 4.69) is 10.6 Å². The van der Waals surface area contributed by atoms with Gasteiger partial charge in [-0.05, 0) is 17.8 Å². The maximum Gasteiger partial charge on any atom is 0.245 e. The number of nitrogens with one attached hydrogen (secondary N) is 2. The molecule has 1 saturated heterocycles. The second-order valence-electron chi connectivity index (χ2n) is 3.46. The molecule has 1 fully saturated rings. The van der Waals surface area contributed by atoms with Crippen molar-refractivity contribution in [3.8, 4) is 6.07 Å². The molecule has 0 spiro atoms. The SMILES string of the molecule is N#C[C@H]1C(=O)NC(=S)N[C@@H]1c1ccccc1. The molecule has 0 saturated carbocycles. The fourth-order valence-electron chi connectivity index (χ4n) is 1.67. The summed E-state index contributed by atoms with van der Waals surface area (Å²) in [5, 5.41) is 14.6. The van der Waals surface area contributed by atoms with Gasteiger partial charge in [-0.3, -0.25) is 4.79 Å². The molecule has 2 N–H and O–H groups in total. The molecule has 4 nitrogen and oxygen atoms in total. The van der Waals surface area contributed by atoms with Gasteiger partial charge in [-0.1, -0.05) is 30.3 Å². The Morgan fingerprint density at radius 1 is 1.31 bits per heavy atom. The fourth-order valence-corrected chi connectivity index (χ4v) is 1.90. The third kappa shape index (κ3) is 1.88. The Balaban J connectivity index is 2.35. The van der Waals surface area contributed by atoms with Crippen LogP contribution in [0.15, 0.2) is 30.3 Å². The zero-order valence-corrected chi connectivity index (χ0v) is 9.12. The van der Waals surface area contributed by atoms with Crippen LogP contribution < -0.4 is 10.6 Å². The Labute approximate surface area is 98.3 Å². The summed E-state index contributed by atoms with van der Waals surface area (Å²) in [5.74, 6) is -1.10. The van der Waals surface area contributed by atoms with Crippen LogP contribution >= 0.6 is 12.2 Å². The zero-order valence-electron chi connectivity index (χ0n) is 8.31. The van der Waals surface area contributed by atoms with Crippen molar-refractivity contribution >= 4 is 23.2 Å². The molecule has 1 aliphatic heterocycles. The summed E-state index contributed by atoms with van der Waals surface area (Å²) in [4.78, 5) is 11.6. The molecule has 2 atom stereocenters. The highest BCUT2D eigenvalue weighted by atomic mass is 32.1. The predicted octanol–water partition coefficient (Wildman–Crippen LogP) is 0.872. The number of hydrogen-bond donors (Lipinski definition) is 2. The molecular weight excluding hydrogens is 222 g/mol. The summed E-state index contributed by atoms with van der Waals surface area (Å²) in [6.07, 6.45) is 0. The summed E-state index contributed by atoms with van der Waals surface area (Å²) in [5.41, 5.74) is 0.881. The Hall–Kier alpha value is -1.93. The largest absolute Gasteiger partial charge is 0.354 e. The number of amides is 1. The second-order valence-corrected chi connectivity index (χ2v) is 3.87. The maximum atomic E-state index is 11.6. The van der Waals surface area contributed by atoms with E-state index in [9.17, 15) is 4.79 Å². The standard InChI is InChI=1S/C11H9N3OS/c12-6-8-9(7-4-2-1-3-5-7)13-11(16)14-10(8)15/h1-5,8-9H,(H2,13,14,15,16)/t8-,9-/m1/s1. The van der Waals surface area contributed by atoms with Gasteiger partial charge in [0.1, 0.15) is 5.92 Å². The summed E-state index contributed by atoms with van der Waals surface area (Å²) in [6, 6.07) is 11.0. The van der Waals surface area contributed by atoms with Crippen molar-refractivity contribution in [1.82, 2.24) is 10.6 Å². The van der Waals surface area contributed by atoms with E-state index in [1.54, 1.807) is 0 Å². The van der Waals surface area contributed by atoms with Crippen LogP contribution in [-0.4, -0.2) is 11.0 Å². The minimum absolute atomic E-state index is 0.269. The number of hydrogen-bond acceptors (Lipinski definition) is 3. The summed E-state index contributed by atoms with van der Waals surface area (Å²) in [7, 11) is 0. The molecule has 5 heteroatoms. The number of thiocarbonyl (C=S) groups is 1. The molecule has 1 heterocycles. The van der Waals surface area contributed by atoms with Crippen molar-refractivity contribution in [3.05, 3.63) is 35.9 Å². The first-order valence-corrected chi connectivity index (χ1v) is 5.19. The number of benzene rings is 1. The van der Waals surface area contributed by atoms with Gasteiger partial charge >= 0.3 is 0 Å². The van der Waals surface area contributed by atoms with Gasteiger partial charge < -0.3 is 10.6 Å². The van der Waals surface area contributed by atoms with Gasteiger partial charge in [-0.15, -0.1) is 0 Å². The third-order valence-corrected chi connectivity index (χ3v) is 2.66. The number of carbonyl (C=O) groups excluding carboxylic acids is 1. The smallest absolute Gasteiger partial charge is 0.245 e. The minimum atomic E-state index is -0.755. The minimum Gasteiger partial charge on any atom is -0.354 e. The molecule has 1 amide bonds. The van der Waals surface area contributed by atoms with Gasteiger partial charge in [-0.2, -0.15) is 5.26 Å². The first-order valence-electron chi connectivity index (χ1n) is 4.78. The Kier molecular flexibility index (Phi) is 2.84. The van der Waals surface area contributed by atoms with Crippen LogP contribution in [0.25, 0.3) is 0 Å². The number of nitriles is 1. The average molecular weight is 231 g/mol. The van der Waals surface area contributed by atoms with Crippen LogP contribution in [0.2, 0.25) is 0 Å². The van der Waals surface area contributed by atoms with Gasteiger partial charge in [0.25, 0.3) is 0 Å². The van der Waals surface area contributed by atoms with E-state index >= 15 is 0 Å². The molecule has 1 aromatic carbocycles. The fraction of sp³-hybridized carbons (Fsp3) is 0.182. The average Bonchev–Trinajstić information content (AvgIpc) is 2.29. The number of carbonyl (C=O) groups is 1. The molecule has 80 valence electrons. The monoisotopic (exact) mass is 231 g/mol. The van der Waals surface area contributed by atoms with E-state index in [0.717, 1.165) is 5.56 Å². The van der Waals surface area contributed by atoms with Gasteiger partial charge in [0, 0.05) is 0 Å². The quantitative estimate of drug-likeness (QED) is 0.704. The third-order valence-electron chi connectivity index (χ3n) is 2.44. The predicted molar refractivity (Wildman–Crippen MR) is 62.2 cm³/mol. The highest BCUT2D eigenvalue weighted by Crippen LogP contribution is 2.24. The van der Waals surface area contributed by atoms with Crippen molar-refractivity contribution < 1.29 is 4.79 Å². The van der Waals surface area contributed by atoms with Crippen molar-refractivity contribution in [3.63, 3.8) is 0 Å². The van der Waals surface area contributed by atoms with E-state index < -0.39 is 5.92 Å². The number of rotatable bonds is 1. The molecule has 16 heavy (non-hydrogen) atoms. The first kappa shape index (κ1) is 10.6. The van der Waals surface area contributed by atoms with Gasteiger partial charge in [0.2, 0.25) is 5.91 Å². The lowest BCUT2D eigenvalue weighted by Crippen LogP contribution is -2.53. The normalized spacial score (nSPS) is 24.2. The van der Waals surface area contributed by atoms with E-state index in [0.29, 0.717) is 0 Å². The maximum absolute atomic E-state index is 11.6. The topological polar surface area (TPSA) is 64.9 Å². The lowest BCUT2D eigenvalue weighted by Gasteiger charge is -2.29. The summed E-state index contributed by atoms with van der Waals surface area (Å²) >= 11 is 4.91. The van der Waals surface area contributed by atoms with E-state index in [-0.39, 0.29) is 17.1 Å².